The van der Waals surface area contributed by atoms with E-state index in [-0.39, 0.29) is 5.41 Å². The monoisotopic (exact) mass is 266 g/mol. The highest BCUT2D eigenvalue weighted by Crippen LogP contribution is 2.21. The molecule has 0 saturated heterocycles. The SMILES string of the molecule is CCCN(CC(C)(C)CN)c1nc(C)cc(OC)n1. The van der Waals surface area contributed by atoms with Crippen LogP contribution in [0.1, 0.15) is 32.9 Å². The largest absolute Gasteiger partial charge is 0.481 e. The van der Waals surface area contributed by atoms with Crippen molar-refractivity contribution in [2.45, 2.75) is 34.1 Å². The first-order valence-corrected chi connectivity index (χ1v) is 6.76. The van der Waals surface area contributed by atoms with Crippen LogP contribution in [0.2, 0.25) is 0 Å². The van der Waals surface area contributed by atoms with Crippen LogP contribution in [0.4, 0.5) is 5.95 Å². The number of nitrogens with zero attached hydrogens (tertiary/aromatic N) is 3. The number of aromatic nitrogens is 2. The summed E-state index contributed by atoms with van der Waals surface area (Å²) < 4.78 is 5.22. The zero-order valence-corrected chi connectivity index (χ0v) is 12.7. The van der Waals surface area contributed by atoms with E-state index in [4.69, 9.17) is 10.5 Å². The van der Waals surface area contributed by atoms with Crippen LogP contribution in [0.5, 0.6) is 5.88 Å². The number of ether oxygens (including phenoxy) is 1. The van der Waals surface area contributed by atoms with E-state index in [0.717, 1.165) is 31.2 Å². The molecule has 0 aliphatic heterocycles. The fourth-order valence-corrected chi connectivity index (χ4v) is 1.87. The smallest absolute Gasteiger partial charge is 0.228 e. The molecule has 5 heteroatoms. The molecule has 0 fully saturated rings. The molecular formula is C14H26N4O. The van der Waals surface area contributed by atoms with Gasteiger partial charge in [-0.05, 0) is 25.3 Å². The maximum absolute atomic E-state index is 5.82. The molecule has 1 aromatic rings. The highest BCUT2D eigenvalue weighted by atomic mass is 16.5. The molecule has 2 N–H and O–H groups in total. The van der Waals surface area contributed by atoms with Crippen LogP contribution in [0.15, 0.2) is 6.07 Å². The van der Waals surface area contributed by atoms with Gasteiger partial charge in [0.2, 0.25) is 11.8 Å². The van der Waals surface area contributed by atoms with Crippen molar-refractivity contribution in [1.82, 2.24) is 9.97 Å². The van der Waals surface area contributed by atoms with Gasteiger partial charge in [-0.25, -0.2) is 4.98 Å². The highest BCUT2D eigenvalue weighted by Gasteiger charge is 2.22. The van der Waals surface area contributed by atoms with E-state index in [2.05, 4.69) is 35.6 Å². The third-order valence-electron chi connectivity index (χ3n) is 2.98. The first kappa shape index (κ1) is 15.7. The van der Waals surface area contributed by atoms with Crippen molar-refractivity contribution in [3.05, 3.63) is 11.8 Å². The Kier molecular flexibility index (Phi) is 5.54. The van der Waals surface area contributed by atoms with E-state index in [1.54, 1.807) is 7.11 Å². The van der Waals surface area contributed by atoms with E-state index in [9.17, 15) is 0 Å². The zero-order chi connectivity index (χ0) is 14.5. The Labute approximate surface area is 116 Å². The molecule has 0 saturated carbocycles. The lowest BCUT2D eigenvalue weighted by Gasteiger charge is -2.31. The number of nitrogens with two attached hydrogens (primary N) is 1. The summed E-state index contributed by atoms with van der Waals surface area (Å²) in [6, 6.07) is 1.84. The Hall–Kier alpha value is -1.36. The van der Waals surface area contributed by atoms with Crippen LogP contribution >= 0.6 is 0 Å². The number of methoxy groups -OCH3 is 1. The molecule has 0 unspecified atom stereocenters. The highest BCUT2D eigenvalue weighted by molar-refractivity contribution is 5.34. The molecule has 0 aliphatic rings. The standard InChI is InChI=1S/C14H26N4O/c1-6-7-18(10-14(3,4)9-15)13-16-11(2)8-12(17-13)19-5/h8H,6-7,9-10,15H2,1-5H3. The summed E-state index contributed by atoms with van der Waals surface area (Å²) in [7, 11) is 1.62. The molecule has 0 bridgehead atoms. The second-order valence-corrected chi connectivity index (χ2v) is 5.64. The maximum atomic E-state index is 5.82. The zero-order valence-electron chi connectivity index (χ0n) is 12.7. The average molecular weight is 266 g/mol. The molecule has 108 valence electrons. The van der Waals surface area contributed by atoms with E-state index in [1.807, 2.05) is 13.0 Å². The molecule has 0 aliphatic carbocycles. The Bertz CT molecular complexity index is 406. The predicted octanol–water partition coefficient (Wildman–Crippen LogP) is 1.99. The summed E-state index contributed by atoms with van der Waals surface area (Å²) in [4.78, 5) is 11.1. The van der Waals surface area contributed by atoms with Crippen LogP contribution in [-0.4, -0.2) is 36.7 Å². The molecule has 0 aromatic carbocycles. The minimum atomic E-state index is 0.0372. The molecule has 0 spiro atoms. The summed E-state index contributed by atoms with van der Waals surface area (Å²) in [5, 5.41) is 0. The van der Waals surface area contributed by atoms with Gasteiger partial charge < -0.3 is 15.4 Å². The minimum Gasteiger partial charge on any atom is -0.481 e. The summed E-state index contributed by atoms with van der Waals surface area (Å²) in [5.74, 6) is 1.33. The normalized spacial score (nSPS) is 11.5. The first-order valence-electron chi connectivity index (χ1n) is 6.76. The summed E-state index contributed by atoms with van der Waals surface area (Å²) in [6.07, 6.45) is 1.04. The lowest BCUT2D eigenvalue weighted by Crippen LogP contribution is -2.40. The number of aryl methyl sites for hydroxylation is 1. The lowest BCUT2D eigenvalue weighted by molar-refractivity contribution is 0.371. The van der Waals surface area contributed by atoms with Crippen molar-refractivity contribution in [3.8, 4) is 5.88 Å². The van der Waals surface area contributed by atoms with Gasteiger partial charge in [-0.1, -0.05) is 20.8 Å². The van der Waals surface area contributed by atoms with Crippen LogP contribution in [0, 0.1) is 12.3 Å². The number of hydrogen-bond donors (Lipinski definition) is 1. The summed E-state index contributed by atoms with van der Waals surface area (Å²) in [5.41, 5.74) is 6.77. The molecule has 0 atom stereocenters. The van der Waals surface area contributed by atoms with Gasteiger partial charge in [-0.2, -0.15) is 4.98 Å². The second kappa shape index (κ2) is 6.70. The van der Waals surface area contributed by atoms with E-state index in [0.29, 0.717) is 12.4 Å². The van der Waals surface area contributed by atoms with E-state index >= 15 is 0 Å². The fraction of sp³-hybridized carbons (Fsp3) is 0.714. The fourth-order valence-electron chi connectivity index (χ4n) is 1.87. The molecule has 0 radical (unpaired) electrons. The first-order chi connectivity index (χ1) is 8.91. The second-order valence-electron chi connectivity index (χ2n) is 5.64. The van der Waals surface area contributed by atoms with Crippen molar-refractivity contribution in [2.75, 3.05) is 31.6 Å². The Morgan fingerprint density at radius 3 is 2.58 bits per heavy atom. The van der Waals surface area contributed by atoms with Crippen molar-refractivity contribution in [1.29, 1.82) is 0 Å². The van der Waals surface area contributed by atoms with Gasteiger partial charge in [0.05, 0.1) is 7.11 Å². The van der Waals surface area contributed by atoms with Gasteiger partial charge in [0.15, 0.2) is 0 Å². The van der Waals surface area contributed by atoms with Crippen molar-refractivity contribution in [3.63, 3.8) is 0 Å². The molecule has 0 amide bonds. The summed E-state index contributed by atoms with van der Waals surface area (Å²) in [6.45, 7) is 10.8. The molecule has 1 heterocycles. The quantitative estimate of drug-likeness (QED) is 0.817. The van der Waals surface area contributed by atoms with Crippen molar-refractivity contribution < 1.29 is 4.74 Å². The van der Waals surface area contributed by atoms with Gasteiger partial charge in [-0.15, -0.1) is 0 Å². The Morgan fingerprint density at radius 2 is 2.05 bits per heavy atom. The van der Waals surface area contributed by atoms with Crippen LogP contribution in [0.3, 0.4) is 0 Å². The Morgan fingerprint density at radius 1 is 1.37 bits per heavy atom. The van der Waals surface area contributed by atoms with Crippen molar-refractivity contribution >= 4 is 5.95 Å². The van der Waals surface area contributed by atoms with Gasteiger partial charge in [0, 0.05) is 24.8 Å². The Balaban J connectivity index is 3.01. The van der Waals surface area contributed by atoms with Gasteiger partial charge >= 0.3 is 0 Å². The maximum Gasteiger partial charge on any atom is 0.228 e. The third kappa shape index (κ3) is 4.67. The van der Waals surface area contributed by atoms with Gasteiger partial charge in [0.25, 0.3) is 0 Å². The molecule has 19 heavy (non-hydrogen) atoms. The number of anilines is 1. The molecular weight excluding hydrogens is 240 g/mol. The predicted molar refractivity (Wildman–Crippen MR) is 78.7 cm³/mol. The van der Waals surface area contributed by atoms with Gasteiger partial charge in [-0.3, -0.25) is 0 Å². The van der Waals surface area contributed by atoms with E-state index < -0.39 is 0 Å². The number of hydrogen-bond acceptors (Lipinski definition) is 5. The van der Waals surface area contributed by atoms with Crippen LogP contribution in [0.25, 0.3) is 0 Å². The average Bonchev–Trinajstić information content (AvgIpc) is 2.37. The minimum absolute atomic E-state index is 0.0372. The molecule has 1 aromatic heterocycles. The summed E-state index contributed by atoms with van der Waals surface area (Å²) >= 11 is 0. The molecule has 5 nitrogen and oxygen atoms in total. The topological polar surface area (TPSA) is 64.3 Å². The van der Waals surface area contributed by atoms with Crippen LogP contribution in [-0.2, 0) is 0 Å². The van der Waals surface area contributed by atoms with E-state index in [1.165, 1.54) is 0 Å². The molecule has 1 rings (SSSR count). The van der Waals surface area contributed by atoms with Crippen molar-refractivity contribution in [2.24, 2.45) is 11.1 Å². The number of rotatable bonds is 7. The van der Waals surface area contributed by atoms with Crippen LogP contribution < -0.4 is 15.4 Å². The third-order valence-corrected chi connectivity index (χ3v) is 2.98. The lowest BCUT2D eigenvalue weighted by atomic mass is 9.93. The van der Waals surface area contributed by atoms with Gasteiger partial charge in [0.1, 0.15) is 0 Å².